The average Bonchev–Trinajstić information content (AvgIpc) is 1.67. The zero-order chi connectivity index (χ0) is 67.1. The van der Waals surface area contributed by atoms with Crippen LogP contribution in [0.15, 0.2) is 243 Å². The molecule has 0 spiro atoms. The molecule has 0 aromatic heterocycles. The van der Waals surface area contributed by atoms with Crippen LogP contribution in [0.2, 0.25) is 0 Å². The molecule has 0 fully saturated rings. The molecule has 8 heteroatoms. The molecule has 0 aliphatic carbocycles. The van der Waals surface area contributed by atoms with Gasteiger partial charge in [-0.05, 0) is 123 Å². The van der Waals surface area contributed by atoms with E-state index in [-0.39, 0.29) is 109 Å². The third kappa shape index (κ3) is 25.2. The molecule has 0 N–H and O–H groups in total. The molecule has 12 aromatic rings. The van der Waals surface area contributed by atoms with Gasteiger partial charge in [0.2, 0.25) is 0 Å². The number of fused-ring (bicyclic) bond motifs is 4. The third-order valence-electron chi connectivity index (χ3n) is 19.0. The number of benzene rings is 8. The fourth-order valence-corrected chi connectivity index (χ4v) is 24.4. The quantitative estimate of drug-likeness (QED) is 0.0291. The van der Waals surface area contributed by atoms with Crippen LogP contribution in [0, 0.1) is 0 Å². The molecule has 0 radical (unpaired) electrons. The van der Waals surface area contributed by atoms with Crippen LogP contribution in [0.1, 0.15) is 158 Å². The normalized spacial score (nSPS) is 11.0. The van der Waals surface area contributed by atoms with E-state index < -0.39 is 0 Å². The Labute approximate surface area is 661 Å². The Kier molecular flexibility index (Phi) is 42.1. The molecule has 0 bridgehead atoms. The summed E-state index contributed by atoms with van der Waals surface area (Å²) in [7, 11) is 0.0174. The summed E-state index contributed by atoms with van der Waals surface area (Å²) in [6.07, 6.45) is 32.5. The maximum Gasteiger partial charge on any atom is 2.00 e. The summed E-state index contributed by atoms with van der Waals surface area (Å²) in [6.45, 7) is 18.5. The van der Waals surface area contributed by atoms with E-state index in [4.69, 9.17) is 0 Å². The van der Waals surface area contributed by atoms with E-state index in [1.807, 2.05) is 0 Å². The number of hydrogen-bond donors (Lipinski definition) is 0. The van der Waals surface area contributed by atoms with Crippen molar-refractivity contribution >= 4 is 96.0 Å². The van der Waals surface area contributed by atoms with Crippen molar-refractivity contribution in [3.8, 4) is 44.5 Å². The fraction of sp³-hybridized carbons (Fsp3) is 0.348. The Balaban J connectivity index is 0.000000237. The van der Waals surface area contributed by atoms with Gasteiger partial charge in [0.05, 0.1) is 0 Å². The van der Waals surface area contributed by atoms with Crippen molar-refractivity contribution < 1.29 is 77.2 Å². The van der Waals surface area contributed by atoms with Crippen LogP contribution >= 0.6 is 31.7 Å². The number of hydrogen-bond acceptors (Lipinski definition) is 0. The molecular weight excluding hydrogens is 1480 g/mol. The molecule has 0 aliphatic rings. The van der Waals surface area contributed by atoms with Gasteiger partial charge in [-0.3, -0.25) is 0 Å². The smallest absolute Gasteiger partial charge is 1.00 e. The minimum absolute atomic E-state index is 0. The van der Waals surface area contributed by atoms with Gasteiger partial charge in [-0.2, -0.15) is 24.3 Å². The first kappa shape index (κ1) is 86.9. The van der Waals surface area contributed by atoms with Crippen LogP contribution < -0.4 is 46.0 Å². The molecule has 0 heterocycles. The summed E-state index contributed by atoms with van der Waals surface area (Å²) < 4.78 is 0. The molecule has 12 aromatic carbocycles. The summed E-state index contributed by atoms with van der Waals surface area (Å²) in [5.41, 5.74) is 10.8. The Morgan fingerprint density at radius 1 is 0.220 bits per heavy atom. The van der Waals surface area contributed by atoms with Crippen LogP contribution in [-0.4, -0.2) is 49.3 Å². The van der Waals surface area contributed by atoms with Crippen molar-refractivity contribution in [1.82, 2.24) is 0 Å². The van der Waals surface area contributed by atoms with Crippen molar-refractivity contribution in [2.75, 3.05) is 49.3 Å². The molecule has 524 valence electrons. The molecule has 0 atom stereocenters. The van der Waals surface area contributed by atoms with Gasteiger partial charge in [0.1, 0.15) is 0 Å². The van der Waals surface area contributed by atoms with Crippen LogP contribution in [0.3, 0.4) is 0 Å². The van der Waals surface area contributed by atoms with Crippen molar-refractivity contribution in [1.29, 1.82) is 0 Å². The summed E-state index contributed by atoms with van der Waals surface area (Å²) in [4.78, 5) is 0. The van der Waals surface area contributed by atoms with Gasteiger partial charge < -0.3 is 24.8 Å². The molecule has 100 heavy (non-hydrogen) atoms. The molecule has 0 unspecified atom stereocenters. The SMILES string of the molecule is CCCCP(CCCC)c1cc2c(-c3ccccc3)cccc2[cH-]1.CCCCP(CCCC)c1cc2c(-c3ccccc3)cccc2[cH-]1.CCCCP(CCCC)c1cc2c(-c3ccccc3)cccc2[cH-]1.CCCCP(CCCC)c1cc2c(-c3ccccc3)cccc2[cH-]1.[Cl-].[Cl-].[Zr+2].[Zr+2]. The van der Waals surface area contributed by atoms with Gasteiger partial charge in [-0.25, -0.2) is 0 Å². The molecule has 0 saturated heterocycles. The fourth-order valence-electron chi connectivity index (χ4n) is 13.4. The molecule has 0 nitrogen and oxygen atoms in total. The van der Waals surface area contributed by atoms with Gasteiger partial charge in [0, 0.05) is 0 Å². The summed E-state index contributed by atoms with van der Waals surface area (Å²) in [6, 6.07) is 90.0. The minimum atomic E-state index is 0. The van der Waals surface area contributed by atoms with Gasteiger partial charge >= 0.3 is 52.4 Å². The maximum atomic E-state index is 2.49. The summed E-state index contributed by atoms with van der Waals surface area (Å²) >= 11 is 0. The van der Waals surface area contributed by atoms with E-state index in [9.17, 15) is 0 Å². The second-order valence-electron chi connectivity index (χ2n) is 26.3. The maximum absolute atomic E-state index is 2.49. The molecule has 0 amide bonds. The third-order valence-corrected chi connectivity index (χ3v) is 29.8. The van der Waals surface area contributed by atoms with Crippen molar-refractivity contribution in [3.05, 3.63) is 243 Å². The van der Waals surface area contributed by atoms with E-state index >= 15 is 0 Å². The molecule has 0 saturated carbocycles. The second kappa shape index (κ2) is 48.4. The van der Waals surface area contributed by atoms with Gasteiger partial charge in [0.15, 0.2) is 0 Å². The van der Waals surface area contributed by atoms with E-state index in [0.717, 1.165) is 0 Å². The zero-order valence-corrected chi connectivity index (χ0v) is 71.6. The monoisotopic (exact) mass is 1590 g/mol. The van der Waals surface area contributed by atoms with Crippen molar-refractivity contribution in [3.63, 3.8) is 0 Å². The first-order valence-corrected chi connectivity index (χ1v) is 44.2. The van der Waals surface area contributed by atoms with Crippen LogP contribution in [0.25, 0.3) is 87.6 Å². The predicted octanol–water partition coefficient (Wildman–Crippen LogP) is 21.7. The summed E-state index contributed by atoms with van der Waals surface area (Å²) in [5, 5.41) is 17.8. The van der Waals surface area contributed by atoms with E-state index in [0.29, 0.717) is 0 Å². The largest absolute Gasteiger partial charge is 2.00 e. The van der Waals surface area contributed by atoms with E-state index in [1.165, 1.54) is 240 Å². The van der Waals surface area contributed by atoms with Gasteiger partial charge in [-0.15, -0.1) is 137 Å². The number of halogens is 2. The standard InChI is InChI=1S/4C23H28P.2ClH.2Zr/c4*1-3-5-15-24(16-6-4-2)21-17-20-13-10-14-22(23(20)18-21)19-11-8-7-9-12-19;;;;/h4*7-14,17-18H,3-6,15-16H2,1-2H3;2*1H;;/q4*-1;;;2*+2/p-2. The second-order valence-corrected chi connectivity index (χ2v) is 36.3. The van der Waals surface area contributed by atoms with Gasteiger partial charge in [0.25, 0.3) is 0 Å². The Morgan fingerprint density at radius 3 is 0.550 bits per heavy atom. The minimum Gasteiger partial charge on any atom is -1.00 e. The van der Waals surface area contributed by atoms with E-state index in [1.54, 1.807) is 21.2 Å². The number of rotatable bonds is 32. The van der Waals surface area contributed by atoms with Crippen molar-refractivity contribution in [2.24, 2.45) is 0 Å². The predicted molar refractivity (Wildman–Crippen MR) is 444 cm³/mol. The molecular formula is C92H112Cl2P4Zr2-2. The number of unbranched alkanes of at least 4 members (excludes halogenated alkanes) is 8. The topological polar surface area (TPSA) is 0 Å². The Morgan fingerprint density at radius 2 is 0.390 bits per heavy atom. The van der Waals surface area contributed by atoms with Crippen molar-refractivity contribution in [2.45, 2.75) is 158 Å². The molecule has 0 aliphatic heterocycles. The first-order chi connectivity index (χ1) is 47.3. The summed E-state index contributed by atoms with van der Waals surface area (Å²) in [5.74, 6) is 0. The van der Waals surface area contributed by atoms with Gasteiger partial charge in [-0.1, -0.05) is 306 Å². The van der Waals surface area contributed by atoms with Crippen LogP contribution in [0.4, 0.5) is 0 Å². The average molecular weight is 1600 g/mol. The Bertz CT molecular complexity index is 3550. The van der Waals surface area contributed by atoms with Crippen LogP contribution in [0.5, 0.6) is 0 Å². The first-order valence-electron chi connectivity index (χ1n) is 37.3. The van der Waals surface area contributed by atoms with E-state index in [2.05, 4.69) is 298 Å². The zero-order valence-electron chi connectivity index (χ0n) is 61.6. The Hall–Kier alpha value is -3.73. The molecule has 12 rings (SSSR count). The van der Waals surface area contributed by atoms with Crippen LogP contribution in [-0.2, 0) is 52.4 Å².